The monoisotopic (exact) mass is 278 g/mol. The molecule has 0 spiro atoms. The Balaban J connectivity index is 3.22. The predicted molar refractivity (Wildman–Crippen MR) is 56.8 cm³/mol. The number of hydrogen-bond donors (Lipinski definition) is 0. The van der Waals surface area contributed by atoms with Crippen LogP contribution in [0.1, 0.15) is 5.56 Å². The van der Waals surface area contributed by atoms with Crippen molar-refractivity contribution in [2.24, 2.45) is 0 Å². The summed E-state index contributed by atoms with van der Waals surface area (Å²) in [7, 11) is 4.27. The molecule has 0 bridgehead atoms. The summed E-state index contributed by atoms with van der Waals surface area (Å²) >= 11 is 3.19. The molecule has 1 aromatic carbocycles. The second kappa shape index (κ2) is 5.03. The Morgan fingerprint density at radius 2 is 1.60 bits per heavy atom. The van der Waals surface area contributed by atoms with Crippen LogP contribution in [0, 0.1) is 5.82 Å². The van der Waals surface area contributed by atoms with E-state index >= 15 is 0 Å². The lowest BCUT2D eigenvalue weighted by Crippen LogP contribution is -2.33. The summed E-state index contributed by atoms with van der Waals surface area (Å²) in [5.74, 6) is -1.76. The molecule has 0 atom stereocenters. The highest BCUT2D eigenvalue weighted by atomic mass is 79.9. The summed E-state index contributed by atoms with van der Waals surface area (Å²) in [4.78, 5) is 0. The fraction of sp³-hybridized carbons (Fsp3) is 0.400. The second-order valence-corrected chi connectivity index (χ2v) is 3.74. The molecule has 0 amide bonds. The Kier molecular flexibility index (Phi) is 4.21. The Bertz CT molecular complexity index is 311. The third kappa shape index (κ3) is 2.55. The van der Waals surface area contributed by atoms with Crippen LogP contribution in [-0.2, 0) is 20.2 Å². The molecular formula is C10H12BrFO3. The largest absolute Gasteiger partial charge is 0.327 e. The van der Waals surface area contributed by atoms with Crippen molar-refractivity contribution in [2.75, 3.05) is 21.3 Å². The summed E-state index contributed by atoms with van der Waals surface area (Å²) in [5.41, 5.74) is 0.446. The Morgan fingerprint density at radius 3 is 2.00 bits per heavy atom. The van der Waals surface area contributed by atoms with E-state index in [2.05, 4.69) is 15.9 Å². The molecule has 1 aromatic rings. The van der Waals surface area contributed by atoms with E-state index in [1.165, 1.54) is 33.5 Å². The first-order valence-corrected chi connectivity index (χ1v) is 4.99. The maximum atomic E-state index is 13.2. The average molecular weight is 279 g/mol. The lowest BCUT2D eigenvalue weighted by atomic mass is 10.2. The summed E-state index contributed by atoms with van der Waals surface area (Å²) in [6, 6.07) is 4.30. The van der Waals surface area contributed by atoms with Gasteiger partial charge in [-0.25, -0.2) is 4.39 Å². The van der Waals surface area contributed by atoms with Crippen LogP contribution in [0.5, 0.6) is 0 Å². The fourth-order valence-corrected chi connectivity index (χ4v) is 1.80. The van der Waals surface area contributed by atoms with Gasteiger partial charge in [-0.05, 0) is 18.2 Å². The van der Waals surface area contributed by atoms with Gasteiger partial charge in [0, 0.05) is 31.4 Å². The molecule has 15 heavy (non-hydrogen) atoms. The van der Waals surface area contributed by atoms with Gasteiger partial charge < -0.3 is 14.2 Å². The van der Waals surface area contributed by atoms with E-state index in [1.54, 1.807) is 6.07 Å². The minimum absolute atomic E-state index is 0.394. The molecule has 5 heteroatoms. The van der Waals surface area contributed by atoms with Crippen LogP contribution < -0.4 is 0 Å². The molecule has 0 radical (unpaired) electrons. The van der Waals surface area contributed by atoms with Gasteiger partial charge in [-0.1, -0.05) is 15.9 Å². The zero-order chi connectivity index (χ0) is 11.5. The van der Waals surface area contributed by atoms with Gasteiger partial charge in [0.1, 0.15) is 5.82 Å². The topological polar surface area (TPSA) is 27.7 Å². The normalized spacial score (nSPS) is 11.8. The average Bonchev–Trinajstić information content (AvgIpc) is 2.20. The van der Waals surface area contributed by atoms with Gasteiger partial charge in [-0.15, -0.1) is 0 Å². The first-order valence-electron chi connectivity index (χ1n) is 4.20. The molecule has 0 aliphatic carbocycles. The number of rotatable bonds is 4. The van der Waals surface area contributed by atoms with Gasteiger partial charge in [0.25, 0.3) is 0 Å². The van der Waals surface area contributed by atoms with Crippen LogP contribution in [0.2, 0.25) is 0 Å². The van der Waals surface area contributed by atoms with E-state index in [1.807, 2.05) is 0 Å². The fourth-order valence-electron chi connectivity index (χ4n) is 1.33. The molecule has 3 nitrogen and oxygen atoms in total. The van der Waals surface area contributed by atoms with E-state index in [-0.39, 0.29) is 0 Å². The zero-order valence-corrected chi connectivity index (χ0v) is 10.3. The smallest absolute Gasteiger partial charge is 0.311 e. The molecule has 0 unspecified atom stereocenters. The van der Waals surface area contributed by atoms with E-state index < -0.39 is 11.8 Å². The third-order valence-electron chi connectivity index (χ3n) is 2.02. The van der Waals surface area contributed by atoms with Crippen LogP contribution in [-0.4, -0.2) is 21.3 Å². The first kappa shape index (κ1) is 12.6. The lowest BCUT2D eigenvalue weighted by molar-refractivity contribution is -0.364. The molecule has 1 rings (SSSR count). The number of ether oxygens (including phenoxy) is 3. The highest BCUT2D eigenvalue weighted by Crippen LogP contribution is 2.29. The zero-order valence-electron chi connectivity index (χ0n) is 8.71. The van der Waals surface area contributed by atoms with Crippen molar-refractivity contribution < 1.29 is 18.6 Å². The van der Waals surface area contributed by atoms with E-state index in [0.29, 0.717) is 10.0 Å². The maximum Gasteiger partial charge on any atom is 0.311 e. The van der Waals surface area contributed by atoms with Gasteiger partial charge in [-0.2, -0.15) is 0 Å². The van der Waals surface area contributed by atoms with Crippen molar-refractivity contribution in [2.45, 2.75) is 5.97 Å². The van der Waals surface area contributed by atoms with E-state index in [0.717, 1.165) is 0 Å². The summed E-state index contributed by atoms with van der Waals surface area (Å²) in [5, 5.41) is 0. The second-order valence-electron chi connectivity index (χ2n) is 2.83. The standard InChI is InChI=1S/C10H12BrFO3/c1-13-10(14-2,15-3)7-4-8(11)6-9(12)5-7/h4-6H,1-3H3. The molecule has 0 aliphatic rings. The molecule has 0 heterocycles. The van der Waals surface area contributed by atoms with Crippen molar-refractivity contribution in [3.8, 4) is 0 Å². The molecule has 0 saturated carbocycles. The third-order valence-corrected chi connectivity index (χ3v) is 2.48. The van der Waals surface area contributed by atoms with Gasteiger partial charge in [0.05, 0.1) is 0 Å². The van der Waals surface area contributed by atoms with Crippen molar-refractivity contribution in [1.82, 2.24) is 0 Å². The number of hydrogen-bond acceptors (Lipinski definition) is 3. The highest BCUT2D eigenvalue weighted by molar-refractivity contribution is 9.10. The number of benzene rings is 1. The van der Waals surface area contributed by atoms with Crippen LogP contribution in [0.15, 0.2) is 22.7 Å². The maximum absolute atomic E-state index is 13.2. The van der Waals surface area contributed by atoms with Crippen LogP contribution in [0.25, 0.3) is 0 Å². The van der Waals surface area contributed by atoms with Crippen molar-refractivity contribution in [3.05, 3.63) is 34.1 Å². The van der Waals surface area contributed by atoms with Crippen molar-refractivity contribution in [1.29, 1.82) is 0 Å². The van der Waals surface area contributed by atoms with Crippen LogP contribution in [0.3, 0.4) is 0 Å². The molecular weight excluding hydrogens is 267 g/mol. The molecule has 84 valence electrons. The van der Waals surface area contributed by atoms with Crippen molar-refractivity contribution in [3.63, 3.8) is 0 Å². The summed E-state index contributed by atoms with van der Waals surface area (Å²) < 4.78 is 29.1. The van der Waals surface area contributed by atoms with Gasteiger partial charge in [-0.3, -0.25) is 0 Å². The summed E-state index contributed by atoms with van der Waals surface area (Å²) in [6.45, 7) is 0. The molecule has 0 fully saturated rings. The molecule has 0 aliphatic heterocycles. The van der Waals surface area contributed by atoms with Crippen molar-refractivity contribution >= 4 is 15.9 Å². The number of halogens is 2. The highest BCUT2D eigenvalue weighted by Gasteiger charge is 2.33. The van der Waals surface area contributed by atoms with Gasteiger partial charge in [0.2, 0.25) is 0 Å². The van der Waals surface area contributed by atoms with Gasteiger partial charge in [0.15, 0.2) is 0 Å². The lowest BCUT2D eigenvalue weighted by Gasteiger charge is -2.29. The Hall–Kier alpha value is -0.490. The number of methoxy groups -OCH3 is 3. The predicted octanol–water partition coefficient (Wildman–Crippen LogP) is 2.64. The van der Waals surface area contributed by atoms with Crippen LogP contribution >= 0.6 is 15.9 Å². The van der Waals surface area contributed by atoms with Gasteiger partial charge >= 0.3 is 5.97 Å². The Morgan fingerprint density at radius 1 is 1.07 bits per heavy atom. The first-order chi connectivity index (χ1) is 7.07. The molecule has 0 N–H and O–H groups in total. The minimum atomic E-state index is -1.37. The SMILES string of the molecule is COC(OC)(OC)c1cc(F)cc(Br)c1. The minimum Gasteiger partial charge on any atom is -0.327 e. The molecule has 0 saturated heterocycles. The quantitative estimate of drug-likeness (QED) is 0.793. The Labute approximate surface area is 96.3 Å². The summed E-state index contributed by atoms with van der Waals surface area (Å²) in [6.07, 6.45) is 0. The van der Waals surface area contributed by atoms with E-state index in [4.69, 9.17) is 14.2 Å². The molecule has 0 aromatic heterocycles. The van der Waals surface area contributed by atoms with E-state index in [9.17, 15) is 4.39 Å². The van der Waals surface area contributed by atoms with Crippen LogP contribution in [0.4, 0.5) is 4.39 Å².